The van der Waals surface area contributed by atoms with Gasteiger partial charge >= 0.3 is 0 Å². The number of aromatic nitrogens is 4. The van der Waals surface area contributed by atoms with Crippen LogP contribution >= 0.6 is 11.8 Å². The normalized spacial score (nSPS) is 12.4. The molecule has 2 aromatic heterocycles. The molecule has 1 amide bonds. The topological polar surface area (TPSA) is 98.4 Å². The van der Waals surface area contributed by atoms with Crippen LogP contribution in [0.1, 0.15) is 54.8 Å². The van der Waals surface area contributed by atoms with Gasteiger partial charge in [-0.3, -0.25) is 23.4 Å². The third-order valence-electron chi connectivity index (χ3n) is 5.87. The average Bonchev–Trinajstić information content (AvgIpc) is 3.29. The van der Waals surface area contributed by atoms with Crippen LogP contribution in [0.15, 0.2) is 52.4 Å². The van der Waals surface area contributed by atoms with Crippen LogP contribution in [0.25, 0.3) is 16.7 Å². The Bertz CT molecular complexity index is 1490. The number of fused-ring (bicyclic) bond motifs is 3. The molecule has 0 spiro atoms. The first-order chi connectivity index (χ1) is 17.2. The number of thioether (sulfide) groups is 1. The van der Waals surface area contributed by atoms with Gasteiger partial charge in [0.25, 0.3) is 11.5 Å². The predicted octanol–water partition coefficient (Wildman–Crippen LogP) is 4.34. The highest BCUT2D eigenvalue weighted by molar-refractivity contribution is 7.99. The number of ketones is 1. The zero-order chi connectivity index (χ0) is 26.0. The maximum absolute atomic E-state index is 13.4. The van der Waals surface area contributed by atoms with Crippen molar-refractivity contribution in [1.82, 2.24) is 24.5 Å². The van der Waals surface area contributed by atoms with Gasteiger partial charge in [-0.05, 0) is 61.7 Å². The van der Waals surface area contributed by atoms with E-state index in [1.165, 1.54) is 36.0 Å². The van der Waals surface area contributed by atoms with Crippen molar-refractivity contribution in [1.29, 1.82) is 0 Å². The number of hydrogen-bond acceptors (Lipinski definition) is 6. The molecule has 0 bridgehead atoms. The van der Waals surface area contributed by atoms with Crippen LogP contribution < -0.4 is 10.9 Å². The molecule has 4 aromatic rings. The molecule has 188 valence electrons. The summed E-state index contributed by atoms with van der Waals surface area (Å²) in [6.07, 6.45) is 0.789. The number of carbonyl (C=O) groups excluding carboxylic acids is 2. The van der Waals surface area contributed by atoms with Crippen LogP contribution in [0, 0.1) is 11.7 Å². The van der Waals surface area contributed by atoms with Gasteiger partial charge in [0.1, 0.15) is 5.82 Å². The smallest absolute Gasteiger partial charge is 0.262 e. The molecule has 1 atom stereocenters. The Balaban J connectivity index is 1.80. The number of halogens is 1. The molecule has 0 aliphatic rings. The average molecular weight is 510 g/mol. The van der Waals surface area contributed by atoms with Crippen molar-refractivity contribution in [2.75, 3.05) is 5.75 Å². The second-order valence-electron chi connectivity index (χ2n) is 9.16. The van der Waals surface area contributed by atoms with Gasteiger partial charge in [-0.1, -0.05) is 32.5 Å². The van der Waals surface area contributed by atoms with Gasteiger partial charge in [-0.25, -0.2) is 4.39 Å². The minimum Gasteiger partial charge on any atom is -0.350 e. The third-order valence-corrected chi connectivity index (χ3v) is 6.80. The molecule has 0 saturated carbocycles. The van der Waals surface area contributed by atoms with E-state index < -0.39 is 5.82 Å². The Kier molecular flexibility index (Phi) is 7.53. The lowest BCUT2D eigenvalue weighted by atomic mass is 10.1. The first-order valence-electron chi connectivity index (χ1n) is 11.8. The second kappa shape index (κ2) is 10.6. The summed E-state index contributed by atoms with van der Waals surface area (Å²) in [6, 6.07) is 10.3. The Morgan fingerprint density at radius 3 is 2.42 bits per heavy atom. The van der Waals surface area contributed by atoms with E-state index >= 15 is 0 Å². The lowest BCUT2D eigenvalue weighted by Crippen LogP contribution is -2.32. The van der Waals surface area contributed by atoms with Gasteiger partial charge < -0.3 is 5.32 Å². The van der Waals surface area contributed by atoms with Crippen LogP contribution in [0.4, 0.5) is 4.39 Å². The largest absolute Gasteiger partial charge is 0.350 e. The number of rotatable bonds is 9. The molecular weight excluding hydrogens is 481 g/mol. The van der Waals surface area contributed by atoms with E-state index in [2.05, 4.69) is 15.5 Å². The summed E-state index contributed by atoms with van der Waals surface area (Å²) in [6.45, 7) is 8.35. The van der Waals surface area contributed by atoms with Crippen molar-refractivity contribution in [2.24, 2.45) is 5.92 Å². The summed E-state index contributed by atoms with van der Waals surface area (Å²) >= 11 is 1.17. The van der Waals surface area contributed by atoms with Crippen molar-refractivity contribution in [3.63, 3.8) is 0 Å². The van der Waals surface area contributed by atoms with Crippen molar-refractivity contribution in [2.45, 2.75) is 51.9 Å². The van der Waals surface area contributed by atoms with E-state index in [1.807, 2.05) is 27.7 Å². The van der Waals surface area contributed by atoms with Crippen LogP contribution in [-0.2, 0) is 6.54 Å². The van der Waals surface area contributed by atoms with Gasteiger partial charge in [-0.2, -0.15) is 0 Å². The number of amides is 1. The fourth-order valence-electron chi connectivity index (χ4n) is 3.80. The van der Waals surface area contributed by atoms with Crippen LogP contribution in [0.2, 0.25) is 0 Å². The maximum atomic E-state index is 13.4. The lowest BCUT2D eigenvalue weighted by molar-refractivity contribution is 0.0938. The van der Waals surface area contributed by atoms with E-state index in [-0.39, 0.29) is 35.0 Å². The Morgan fingerprint density at radius 2 is 1.75 bits per heavy atom. The van der Waals surface area contributed by atoms with E-state index in [0.29, 0.717) is 39.5 Å². The molecule has 8 nitrogen and oxygen atoms in total. The number of carbonyl (C=O) groups is 2. The van der Waals surface area contributed by atoms with Crippen molar-refractivity contribution in [3.8, 4) is 0 Å². The van der Waals surface area contributed by atoms with Crippen molar-refractivity contribution >= 4 is 40.1 Å². The molecule has 2 aromatic carbocycles. The van der Waals surface area contributed by atoms with E-state index in [9.17, 15) is 18.8 Å². The standard InChI is InChI=1S/C26H28FN5O3S/c1-5-16(4)28-23(34)18-8-11-20-21(12-18)32-25(31(24(20)35)13-15(2)3)29-30-26(32)36-14-22(33)17-6-9-19(27)10-7-17/h6-12,15-16H,5,13-14H2,1-4H3,(H,28,34)/t16-/m0/s1. The Hall–Kier alpha value is -3.53. The number of hydrogen-bond donors (Lipinski definition) is 1. The minimum absolute atomic E-state index is 0.00533. The summed E-state index contributed by atoms with van der Waals surface area (Å²) in [5, 5.41) is 12.3. The molecule has 0 aliphatic heterocycles. The summed E-state index contributed by atoms with van der Waals surface area (Å²) in [5.74, 6) is -0.268. The molecule has 36 heavy (non-hydrogen) atoms. The summed E-state index contributed by atoms with van der Waals surface area (Å²) in [5.41, 5.74) is 1.08. The highest BCUT2D eigenvalue weighted by Crippen LogP contribution is 2.24. The molecule has 0 saturated heterocycles. The second-order valence-corrected chi connectivity index (χ2v) is 10.1. The molecule has 0 radical (unpaired) electrons. The molecule has 0 unspecified atom stereocenters. The maximum Gasteiger partial charge on any atom is 0.262 e. The Labute approximate surface area is 211 Å². The first-order valence-corrected chi connectivity index (χ1v) is 12.8. The number of benzene rings is 2. The number of nitrogens with one attached hydrogen (secondary N) is 1. The van der Waals surface area contributed by atoms with Crippen LogP contribution in [0.5, 0.6) is 0 Å². The summed E-state index contributed by atoms with van der Waals surface area (Å²) in [7, 11) is 0. The van der Waals surface area contributed by atoms with Crippen molar-refractivity contribution in [3.05, 3.63) is 69.8 Å². The number of nitrogens with zero attached hydrogens (tertiary/aromatic N) is 4. The molecule has 1 N–H and O–H groups in total. The highest BCUT2D eigenvalue weighted by atomic mass is 32.2. The molecule has 0 aliphatic carbocycles. The molecule has 4 rings (SSSR count). The van der Waals surface area contributed by atoms with Gasteiger partial charge in [-0.15, -0.1) is 10.2 Å². The van der Waals surface area contributed by atoms with E-state index in [0.717, 1.165) is 6.42 Å². The minimum atomic E-state index is -0.412. The van der Waals surface area contributed by atoms with Gasteiger partial charge in [0.15, 0.2) is 10.9 Å². The number of Topliss-reactive ketones (excluding diaryl/α,β-unsaturated/α-hetero) is 1. The van der Waals surface area contributed by atoms with Crippen molar-refractivity contribution < 1.29 is 14.0 Å². The fourth-order valence-corrected chi connectivity index (χ4v) is 4.64. The predicted molar refractivity (Wildman–Crippen MR) is 138 cm³/mol. The van der Waals surface area contributed by atoms with Crippen LogP contribution in [0.3, 0.4) is 0 Å². The Morgan fingerprint density at radius 1 is 1.06 bits per heavy atom. The first kappa shape index (κ1) is 25.6. The van der Waals surface area contributed by atoms with Gasteiger partial charge in [0.05, 0.1) is 16.7 Å². The van der Waals surface area contributed by atoms with E-state index in [4.69, 9.17) is 0 Å². The zero-order valence-corrected chi connectivity index (χ0v) is 21.4. The van der Waals surface area contributed by atoms with Crippen LogP contribution in [-0.4, -0.2) is 42.7 Å². The molecular formula is C26H28FN5O3S. The fraction of sp³-hybridized carbons (Fsp3) is 0.346. The molecule has 0 fully saturated rings. The zero-order valence-electron chi connectivity index (χ0n) is 20.6. The molecule has 10 heteroatoms. The summed E-state index contributed by atoms with van der Waals surface area (Å²) in [4.78, 5) is 38.8. The van der Waals surface area contributed by atoms with E-state index in [1.54, 1.807) is 27.2 Å². The lowest BCUT2D eigenvalue weighted by Gasteiger charge is -2.15. The SMILES string of the molecule is CC[C@H](C)NC(=O)c1ccc2c(=O)n(CC(C)C)c3nnc(SCC(=O)c4ccc(F)cc4)n3c2c1. The summed E-state index contributed by atoms with van der Waals surface area (Å²) < 4.78 is 16.5. The third kappa shape index (κ3) is 5.18. The quantitative estimate of drug-likeness (QED) is 0.266. The highest BCUT2D eigenvalue weighted by Gasteiger charge is 2.20. The van der Waals surface area contributed by atoms with Gasteiger partial charge in [0, 0.05) is 23.7 Å². The molecule has 2 heterocycles. The van der Waals surface area contributed by atoms with Gasteiger partial charge in [0.2, 0.25) is 5.78 Å². The monoisotopic (exact) mass is 509 g/mol.